The van der Waals surface area contributed by atoms with Crippen molar-refractivity contribution in [3.05, 3.63) is 29.8 Å². The Hall–Kier alpha value is -1.56. The number of hydrogen-bond acceptors (Lipinski definition) is 2. The third-order valence-corrected chi connectivity index (χ3v) is 4.83. The fourth-order valence-corrected chi connectivity index (χ4v) is 3.61. The van der Waals surface area contributed by atoms with Gasteiger partial charge in [0.1, 0.15) is 0 Å². The van der Waals surface area contributed by atoms with Crippen LogP contribution in [0.25, 0.3) is 0 Å². The van der Waals surface area contributed by atoms with E-state index in [9.17, 15) is 18.0 Å². The standard InChI is InChI=1S/C17H21F3N2O/c18-17(19,20)13-5-3-6-14(11-13)21-8-9-22-15-7-2-1-4-12(15)10-16(22)23/h1-2,4,7,13-14,21H,3,5-6,8-11H2/t13-,14-/m0/s1. The van der Waals surface area contributed by atoms with Crippen LogP contribution in [-0.4, -0.2) is 31.2 Å². The molecule has 126 valence electrons. The van der Waals surface area contributed by atoms with Crippen LogP contribution in [0.4, 0.5) is 18.9 Å². The van der Waals surface area contributed by atoms with Gasteiger partial charge in [0.2, 0.25) is 5.91 Å². The van der Waals surface area contributed by atoms with E-state index in [4.69, 9.17) is 0 Å². The van der Waals surface area contributed by atoms with E-state index in [1.54, 1.807) is 4.90 Å². The fraction of sp³-hybridized carbons (Fsp3) is 0.588. The van der Waals surface area contributed by atoms with Crippen molar-refractivity contribution in [1.82, 2.24) is 5.32 Å². The quantitative estimate of drug-likeness (QED) is 0.921. The van der Waals surface area contributed by atoms with Gasteiger partial charge in [0.25, 0.3) is 0 Å². The highest BCUT2D eigenvalue weighted by Gasteiger charge is 2.42. The van der Waals surface area contributed by atoms with E-state index in [1.165, 1.54) is 0 Å². The molecule has 0 spiro atoms. The second kappa shape index (κ2) is 6.51. The van der Waals surface area contributed by atoms with Crippen LogP contribution in [0.2, 0.25) is 0 Å². The minimum Gasteiger partial charge on any atom is -0.312 e. The van der Waals surface area contributed by atoms with Crippen molar-refractivity contribution in [2.24, 2.45) is 5.92 Å². The van der Waals surface area contributed by atoms with Crippen LogP contribution >= 0.6 is 0 Å². The first kappa shape index (κ1) is 16.3. The minimum atomic E-state index is -4.09. The third kappa shape index (κ3) is 3.68. The molecule has 0 radical (unpaired) electrons. The van der Waals surface area contributed by atoms with Crippen LogP contribution in [0.5, 0.6) is 0 Å². The molecule has 6 heteroatoms. The number of para-hydroxylation sites is 1. The van der Waals surface area contributed by atoms with Crippen LogP contribution in [0.3, 0.4) is 0 Å². The molecule has 0 bridgehead atoms. The van der Waals surface area contributed by atoms with Crippen molar-refractivity contribution < 1.29 is 18.0 Å². The molecule has 23 heavy (non-hydrogen) atoms. The van der Waals surface area contributed by atoms with E-state index in [1.807, 2.05) is 24.3 Å². The summed E-state index contributed by atoms with van der Waals surface area (Å²) in [6.07, 6.45) is -1.92. The number of amides is 1. The average molecular weight is 326 g/mol. The van der Waals surface area contributed by atoms with Gasteiger partial charge in [-0.25, -0.2) is 0 Å². The smallest absolute Gasteiger partial charge is 0.312 e. The molecular formula is C17H21F3N2O. The minimum absolute atomic E-state index is 0.0600. The molecular weight excluding hydrogens is 305 g/mol. The van der Waals surface area contributed by atoms with Gasteiger partial charge in [0.15, 0.2) is 0 Å². The Morgan fingerprint density at radius 2 is 2.00 bits per heavy atom. The first-order valence-corrected chi connectivity index (χ1v) is 8.13. The molecule has 3 rings (SSSR count). The fourth-order valence-electron chi connectivity index (χ4n) is 3.61. The summed E-state index contributed by atoms with van der Waals surface area (Å²) in [5.41, 5.74) is 1.95. The Bertz CT molecular complexity index is 573. The van der Waals surface area contributed by atoms with Gasteiger partial charge in [-0.3, -0.25) is 4.79 Å². The zero-order valence-electron chi connectivity index (χ0n) is 12.9. The zero-order valence-corrected chi connectivity index (χ0v) is 12.9. The predicted molar refractivity (Wildman–Crippen MR) is 82.3 cm³/mol. The number of halogens is 3. The topological polar surface area (TPSA) is 32.3 Å². The molecule has 3 nitrogen and oxygen atoms in total. The molecule has 2 aliphatic rings. The maximum absolute atomic E-state index is 12.8. The molecule has 1 aliphatic heterocycles. The highest BCUT2D eigenvalue weighted by atomic mass is 19.4. The van der Waals surface area contributed by atoms with Crippen LogP contribution in [0.15, 0.2) is 24.3 Å². The van der Waals surface area contributed by atoms with Gasteiger partial charge in [-0.2, -0.15) is 13.2 Å². The summed E-state index contributed by atoms with van der Waals surface area (Å²) in [5, 5.41) is 3.21. The Morgan fingerprint density at radius 1 is 1.22 bits per heavy atom. The molecule has 1 fully saturated rings. The molecule has 1 aliphatic carbocycles. The van der Waals surface area contributed by atoms with E-state index < -0.39 is 12.1 Å². The lowest BCUT2D eigenvalue weighted by Gasteiger charge is -2.31. The normalized spacial score (nSPS) is 24.8. The van der Waals surface area contributed by atoms with Gasteiger partial charge in [0, 0.05) is 24.8 Å². The first-order chi connectivity index (χ1) is 10.9. The average Bonchev–Trinajstić information content (AvgIpc) is 2.83. The number of alkyl halides is 3. The van der Waals surface area contributed by atoms with Gasteiger partial charge in [0.05, 0.1) is 12.3 Å². The van der Waals surface area contributed by atoms with Gasteiger partial charge >= 0.3 is 6.18 Å². The van der Waals surface area contributed by atoms with Crippen LogP contribution < -0.4 is 10.2 Å². The van der Waals surface area contributed by atoms with Crippen molar-refractivity contribution in [3.63, 3.8) is 0 Å². The number of nitrogens with zero attached hydrogens (tertiary/aromatic N) is 1. The summed E-state index contributed by atoms with van der Waals surface area (Å²) in [6, 6.07) is 7.56. The largest absolute Gasteiger partial charge is 0.391 e. The van der Waals surface area contributed by atoms with Crippen molar-refractivity contribution in [3.8, 4) is 0 Å². The monoisotopic (exact) mass is 326 g/mol. The summed E-state index contributed by atoms with van der Waals surface area (Å²) in [5.74, 6) is -1.13. The molecule has 1 N–H and O–H groups in total. The van der Waals surface area contributed by atoms with Crippen LogP contribution in [0, 0.1) is 5.92 Å². The number of carbonyl (C=O) groups excluding carboxylic acids is 1. The summed E-state index contributed by atoms with van der Waals surface area (Å²) in [7, 11) is 0. The molecule has 1 saturated carbocycles. The SMILES string of the molecule is O=C1Cc2ccccc2N1CCN[C@H]1CCC[C@H](C(F)(F)F)C1. The molecule has 0 saturated heterocycles. The number of benzene rings is 1. The Morgan fingerprint density at radius 3 is 2.78 bits per heavy atom. The van der Waals surface area contributed by atoms with E-state index in [0.29, 0.717) is 25.9 Å². The molecule has 1 aromatic carbocycles. The maximum atomic E-state index is 12.8. The second-order valence-corrected chi connectivity index (χ2v) is 6.41. The van der Waals surface area contributed by atoms with Crippen molar-refractivity contribution >= 4 is 11.6 Å². The van der Waals surface area contributed by atoms with E-state index in [0.717, 1.165) is 17.7 Å². The van der Waals surface area contributed by atoms with E-state index in [-0.39, 0.29) is 24.8 Å². The molecule has 1 amide bonds. The molecule has 2 atom stereocenters. The number of fused-ring (bicyclic) bond motifs is 1. The lowest BCUT2D eigenvalue weighted by molar-refractivity contribution is -0.183. The lowest BCUT2D eigenvalue weighted by atomic mass is 9.85. The van der Waals surface area contributed by atoms with Crippen molar-refractivity contribution in [2.45, 2.75) is 44.3 Å². The van der Waals surface area contributed by atoms with Gasteiger partial charge < -0.3 is 10.2 Å². The third-order valence-electron chi connectivity index (χ3n) is 4.83. The van der Waals surface area contributed by atoms with E-state index in [2.05, 4.69) is 5.32 Å². The number of rotatable bonds is 4. The van der Waals surface area contributed by atoms with Crippen molar-refractivity contribution in [1.29, 1.82) is 0 Å². The van der Waals surface area contributed by atoms with Gasteiger partial charge in [-0.1, -0.05) is 24.6 Å². The van der Waals surface area contributed by atoms with Crippen LogP contribution in [0.1, 0.15) is 31.2 Å². The Kier molecular flexibility index (Phi) is 4.62. The van der Waals surface area contributed by atoms with Gasteiger partial charge in [-0.15, -0.1) is 0 Å². The number of hydrogen-bond donors (Lipinski definition) is 1. The summed E-state index contributed by atoms with van der Waals surface area (Å²) in [6.45, 7) is 1.03. The summed E-state index contributed by atoms with van der Waals surface area (Å²) >= 11 is 0. The van der Waals surface area contributed by atoms with Gasteiger partial charge in [-0.05, 0) is 30.9 Å². The summed E-state index contributed by atoms with van der Waals surface area (Å²) in [4.78, 5) is 13.8. The Labute approximate surface area is 133 Å². The van der Waals surface area contributed by atoms with E-state index >= 15 is 0 Å². The maximum Gasteiger partial charge on any atom is 0.391 e. The molecule has 0 unspecified atom stereocenters. The highest BCUT2D eigenvalue weighted by molar-refractivity contribution is 6.01. The molecule has 1 heterocycles. The van der Waals surface area contributed by atoms with Crippen LogP contribution in [-0.2, 0) is 11.2 Å². The van der Waals surface area contributed by atoms with Crippen molar-refractivity contribution in [2.75, 3.05) is 18.0 Å². The second-order valence-electron chi connectivity index (χ2n) is 6.41. The first-order valence-electron chi connectivity index (χ1n) is 8.13. The number of carbonyl (C=O) groups is 1. The molecule has 1 aromatic rings. The number of anilines is 1. The molecule has 0 aromatic heterocycles. The Balaban J connectivity index is 1.51. The lowest BCUT2D eigenvalue weighted by Crippen LogP contribution is -2.42. The number of nitrogens with one attached hydrogen (secondary N) is 1. The highest BCUT2D eigenvalue weighted by Crippen LogP contribution is 2.37. The zero-order chi connectivity index (χ0) is 16.4. The summed E-state index contributed by atoms with van der Waals surface area (Å²) < 4.78 is 38.5. The predicted octanol–water partition coefficient (Wildman–Crippen LogP) is 3.29.